The number of benzene rings is 1. The quantitative estimate of drug-likeness (QED) is 0.930. The summed E-state index contributed by atoms with van der Waals surface area (Å²) in [7, 11) is 0. The van der Waals surface area contributed by atoms with Crippen LogP contribution in [-0.4, -0.2) is 37.2 Å². The van der Waals surface area contributed by atoms with E-state index in [0.29, 0.717) is 22.6 Å². The van der Waals surface area contributed by atoms with Gasteiger partial charge < -0.3 is 10.5 Å². The molecule has 2 unspecified atom stereocenters. The predicted octanol–water partition coefficient (Wildman–Crippen LogP) is 2.71. The summed E-state index contributed by atoms with van der Waals surface area (Å²) >= 11 is 12.0. The van der Waals surface area contributed by atoms with Gasteiger partial charge in [-0.2, -0.15) is 0 Å². The fourth-order valence-corrected chi connectivity index (χ4v) is 2.69. The van der Waals surface area contributed by atoms with Crippen LogP contribution in [0.3, 0.4) is 0 Å². The van der Waals surface area contributed by atoms with Crippen molar-refractivity contribution in [3.8, 4) is 0 Å². The van der Waals surface area contributed by atoms with Crippen molar-refractivity contribution in [2.45, 2.75) is 19.0 Å². The van der Waals surface area contributed by atoms with E-state index in [0.717, 1.165) is 25.3 Å². The zero-order chi connectivity index (χ0) is 13.1. The zero-order valence-corrected chi connectivity index (χ0v) is 11.9. The molecule has 5 heteroatoms. The van der Waals surface area contributed by atoms with E-state index in [4.69, 9.17) is 33.7 Å². The summed E-state index contributed by atoms with van der Waals surface area (Å²) in [5.74, 6) is 0. The van der Waals surface area contributed by atoms with E-state index >= 15 is 0 Å². The summed E-state index contributed by atoms with van der Waals surface area (Å²) in [6.07, 6.45) is 0. The van der Waals surface area contributed by atoms with Gasteiger partial charge in [0.05, 0.1) is 23.3 Å². The topological polar surface area (TPSA) is 38.5 Å². The van der Waals surface area contributed by atoms with Crippen LogP contribution in [0.5, 0.6) is 0 Å². The summed E-state index contributed by atoms with van der Waals surface area (Å²) < 4.78 is 5.46. The van der Waals surface area contributed by atoms with Gasteiger partial charge in [-0.25, -0.2) is 0 Å². The maximum Gasteiger partial charge on any atom is 0.0620 e. The first-order valence-electron chi connectivity index (χ1n) is 6.12. The number of ether oxygens (including phenoxy) is 1. The minimum Gasteiger partial charge on any atom is -0.379 e. The molecule has 0 amide bonds. The first-order chi connectivity index (χ1) is 8.63. The van der Waals surface area contributed by atoms with E-state index in [1.165, 1.54) is 0 Å². The van der Waals surface area contributed by atoms with Gasteiger partial charge in [0.25, 0.3) is 0 Å². The fraction of sp³-hybridized carbons (Fsp3) is 0.538. The molecule has 1 aliphatic rings. The highest BCUT2D eigenvalue weighted by atomic mass is 35.5. The highest BCUT2D eigenvalue weighted by molar-refractivity contribution is 6.42. The summed E-state index contributed by atoms with van der Waals surface area (Å²) in [6.45, 7) is 5.10. The van der Waals surface area contributed by atoms with Crippen LogP contribution >= 0.6 is 23.2 Å². The number of morpholine rings is 1. The Balaban J connectivity index is 2.23. The zero-order valence-electron chi connectivity index (χ0n) is 10.4. The Morgan fingerprint density at radius 2 is 2.22 bits per heavy atom. The predicted molar refractivity (Wildman–Crippen MR) is 75.2 cm³/mol. The summed E-state index contributed by atoms with van der Waals surface area (Å²) in [5.41, 5.74) is 7.04. The smallest absolute Gasteiger partial charge is 0.0620 e. The van der Waals surface area contributed by atoms with Gasteiger partial charge in [-0.3, -0.25) is 4.90 Å². The van der Waals surface area contributed by atoms with Gasteiger partial charge in [0.2, 0.25) is 0 Å². The van der Waals surface area contributed by atoms with Gasteiger partial charge in [-0.05, 0) is 24.6 Å². The first kappa shape index (κ1) is 14.1. The Bertz CT molecular complexity index is 414. The SMILES string of the molecule is CC1COCCN1C(CN)c1ccc(Cl)c(Cl)c1. The lowest BCUT2D eigenvalue weighted by molar-refractivity contribution is -0.0209. The highest BCUT2D eigenvalue weighted by Gasteiger charge is 2.27. The molecule has 0 aromatic heterocycles. The van der Waals surface area contributed by atoms with E-state index in [2.05, 4.69) is 11.8 Å². The van der Waals surface area contributed by atoms with Gasteiger partial charge in [0.15, 0.2) is 0 Å². The average Bonchev–Trinajstić information content (AvgIpc) is 2.37. The second kappa shape index (κ2) is 6.22. The van der Waals surface area contributed by atoms with E-state index in [1.807, 2.05) is 18.2 Å². The second-order valence-electron chi connectivity index (χ2n) is 4.59. The molecule has 1 fully saturated rings. The van der Waals surface area contributed by atoms with Crippen molar-refractivity contribution in [3.63, 3.8) is 0 Å². The summed E-state index contributed by atoms with van der Waals surface area (Å²) in [6, 6.07) is 6.25. The number of hydrogen-bond acceptors (Lipinski definition) is 3. The van der Waals surface area contributed by atoms with Crippen LogP contribution in [-0.2, 0) is 4.74 Å². The normalized spacial score (nSPS) is 23.0. The number of nitrogens with two attached hydrogens (primary N) is 1. The van der Waals surface area contributed by atoms with Crippen LogP contribution in [0.15, 0.2) is 18.2 Å². The van der Waals surface area contributed by atoms with Gasteiger partial charge in [-0.1, -0.05) is 29.3 Å². The molecule has 0 bridgehead atoms. The van der Waals surface area contributed by atoms with Crippen molar-refractivity contribution in [2.24, 2.45) is 5.73 Å². The summed E-state index contributed by atoms with van der Waals surface area (Å²) in [4.78, 5) is 2.36. The molecule has 3 nitrogen and oxygen atoms in total. The molecule has 0 spiro atoms. The molecule has 1 aliphatic heterocycles. The van der Waals surface area contributed by atoms with Crippen LogP contribution in [0.1, 0.15) is 18.5 Å². The minimum atomic E-state index is 0.165. The molecule has 1 aromatic rings. The monoisotopic (exact) mass is 288 g/mol. The molecular weight excluding hydrogens is 271 g/mol. The van der Waals surface area contributed by atoms with Crippen molar-refractivity contribution < 1.29 is 4.74 Å². The first-order valence-corrected chi connectivity index (χ1v) is 6.87. The fourth-order valence-electron chi connectivity index (χ4n) is 2.39. The molecule has 2 rings (SSSR count). The Kier molecular flexibility index (Phi) is 4.87. The third-order valence-electron chi connectivity index (χ3n) is 3.37. The van der Waals surface area contributed by atoms with Crippen LogP contribution in [0, 0.1) is 0 Å². The van der Waals surface area contributed by atoms with E-state index < -0.39 is 0 Å². The molecule has 1 saturated heterocycles. The number of nitrogens with zero attached hydrogens (tertiary/aromatic N) is 1. The van der Waals surface area contributed by atoms with Crippen LogP contribution < -0.4 is 5.73 Å². The Labute approximate surface area is 118 Å². The molecule has 2 N–H and O–H groups in total. The molecule has 2 atom stereocenters. The lowest BCUT2D eigenvalue weighted by atomic mass is 10.0. The molecule has 100 valence electrons. The molecule has 1 aromatic carbocycles. The van der Waals surface area contributed by atoms with Gasteiger partial charge >= 0.3 is 0 Å². The largest absolute Gasteiger partial charge is 0.379 e. The van der Waals surface area contributed by atoms with E-state index in [-0.39, 0.29) is 6.04 Å². The van der Waals surface area contributed by atoms with Crippen LogP contribution in [0.2, 0.25) is 10.0 Å². The van der Waals surface area contributed by atoms with Crippen LogP contribution in [0.4, 0.5) is 0 Å². The van der Waals surface area contributed by atoms with Gasteiger partial charge in [0, 0.05) is 25.2 Å². The number of rotatable bonds is 3. The van der Waals surface area contributed by atoms with Crippen molar-refractivity contribution in [1.29, 1.82) is 0 Å². The maximum atomic E-state index is 6.07. The third kappa shape index (κ3) is 2.98. The Hall–Kier alpha value is -0.320. The minimum absolute atomic E-state index is 0.165. The number of hydrogen-bond donors (Lipinski definition) is 1. The van der Waals surface area contributed by atoms with E-state index in [1.54, 1.807) is 0 Å². The van der Waals surface area contributed by atoms with E-state index in [9.17, 15) is 0 Å². The third-order valence-corrected chi connectivity index (χ3v) is 4.11. The Morgan fingerprint density at radius 3 is 2.83 bits per heavy atom. The molecule has 18 heavy (non-hydrogen) atoms. The lowest BCUT2D eigenvalue weighted by Gasteiger charge is -2.39. The average molecular weight is 289 g/mol. The molecule has 0 radical (unpaired) electrons. The highest BCUT2D eigenvalue weighted by Crippen LogP contribution is 2.29. The van der Waals surface area contributed by atoms with Gasteiger partial charge in [0.1, 0.15) is 0 Å². The van der Waals surface area contributed by atoms with Crippen LogP contribution in [0.25, 0.3) is 0 Å². The molecule has 0 aliphatic carbocycles. The van der Waals surface area contributed by atoms with Gasteiger partial charge in [-0.15, -0.1) is 0 Å². The van der Waals surface area contributed by atoms with Crippen molar-refractivity contribution in [3.05, 3.63) is 33.8 Å². The maximum absolute atomic E-state index is 6.07. The van der Waals surface area contributed by atoms with Crippen molar-refractivity contribution in [2.75, 3.05) is 26.3 Å². The summed E-state index contributed by atoms with van der Waals surface area (Å²) in [5, 5.41) is 1.15. The lowest BCUT2D eigenvalue weighted by Crippen LogP contribution is -2.47. The number of halogens is 2. The molecule has 1 heterocycles. The van der Waals surface area contributed by atoms with Crippen molar-refractivity contribution >= 4 is 23.2 Å². The molecule has 0 saturated carbocycles. The Morgan fingerprint density at radius 1 is 1.44 bits per heavy atom. The second-order valence-corrected chi connectivity index (χ2v) is 5.40. The standard InChI is InChI=1S/C13H18Cl2N2O/c1-9-8-18-5-4-17(9)13(7-16)10-2-3-11(14)12(15)6-10/h2-3,6,9,13H,4-5,7-8,16H2,1H3. The molecular formula is C13H18Cl2N2O. The van der Waals surface area contributed by atoms with Crippen molar-refractivity contribution in [1.82, 2.24) is 4.90 Å².